The molecule has 0 bridgehead atoms. The van der Waals surface area contributed by atoms with Crippen LogP contribution in [0.2, 0.25) is 0 Å². The van der Waals surface area contributed by atoms with Crippen LogP contribution >= 0.6 is 0 Å². The third kappa shape index (κ3) is 3.89. The molecule has 1 amide bonds. The molecule has 0 saturated heterocycles. The molecule has 0 atom stereocenters. The quantitative estimate of drug-likeness (QED) is 0.691. The van der Waals surface area contributed by atoms with Gasteiger partial charge in [0.1, 0.15) is 17.9 Å². The lowest BCUT2D eigenvalue weighted by molar-refractivity contribution is -0.136. The lowest BCUT2D eigenvalue weighted by Crippen LogP contribution is -2.41. The van der Waals surface area contributed by atoms with Gasteiger partial charge in [-0.3, -0.25) is 9.59 Å². The van der Waals surface area contributed by atoms with E-state index in [-0.39, 0.29) is 17.7 Å². The van der Waals surface area contributed by atoms with Crippen molar-refractivity contribution in [3.8, 4) is 5.69 Å². The minimum Gasteiger partial charge on any atom is -0.481 e. The molecule has 0 aliphatic rings. The van der Waals surface area contributed by atoms with E-state index in [0.717, 1.165) is 5.69 Å². The number of aliphatic carboxylic acids is 1. The number of carboxylic acid groups (broad SMARTS) is 1. The van der Waals surface area contributed by atoms with Crippen LogP contribution in [-0.4, -0.2) is 32.0 Å². The second kappa shape index (κ2) is 7.06. The van der Waals surface area contributed by atoms with Crippen LogP contribution in [-0.2, 0) is 16.8 Å². The summed E-state index contributed by atoms with van der Waals surface area (Å²) in [7, 11) is 0. The van der Waals surface area contributed by atoms with E-state index < -0.39 is 17.4 Å². The number of benzene rings is 1. The predicted octanol–water partition coefficient (Wildman–Crippen LogP) is 2.46. The van der Waals surface area contributed by atoms with Gasteiger partial charge in [0.2, 0.25) is 0 Å². The summed E-state index contributed by atoms with van der Waals surface area (Å²) in [6, 6.07) is 9.51. The van der Waals surface area contributed by atoms with Crippen LogP contribution in [0.25, 0.3) is 5.69 Å². The molecular weight excluding hydrogens is 348 g/mol. The molecule has 0 saturated carbocycles. The standard InChI is InChI=1S/C19H20N4O4/c1-12-11-27-14(9-16(24)25)17(12)18(26)20-19(2,3)15-10-23(22-21-15)13-7-5-4-6-8-13/h4-8,10-11H,9H2,1-3H3,(H,20,26)(H,24,25). The van der Waals surface area contributed by atoms with Crippen molar-refractivity contribution in [1.82, 2.24) is 20.3 Å². The molecule has 2 N–H and O–H groups in total. The minimum absolute atomic E-state index is 0.126. The molecule has 8 nitrogen and oxygen atoms in total. The summed E-state index contributed by atoms with van der Waals surface area (Å²) in [5.74, 6) is -1.36. The zero-order valence-electron chi connectivity index (χ0n) is 15.3. The first kappa shape index (κ1) is 18.4. The van der Waals surface area contributed by atoms with Crippen molar-refractivity contribution >= 4 is 11.9 Å². The fourth-order valence-corrected chi connectivity index (χ4v) is 2.74. The van der Waals surface area contributed by atoms with Gasteiger partial charge in [-0.2, -0.15) is 0 Å². The van der Waals surface area contributed by atoms with Crippen LogP contribution in [0.1, 0.15) is 41.2 Å². The van der Waals surface area contributed by atoms with Gasteiger partial charge in [-0.25, -0.2) is 4.68 Å². The van der Waals surface area contributed by atoms with Crippen LogP contribution in [0.15, 0.2) is 47.2 Å². The number of para-hydroxylation sites is 1. The zero-order chi connectivity index (χ0) is 19.6. The number of amides is 1. The number of nitrogens with zero attached hydrogens (tertiary/aromatic N) is 3. The van der Waals surface area contributed by atoms with Crippen molar-refractivity contribution in [3.63, 3.8) is 0 Å². The molecule has 3 rings (SSSR count). The molecule has 0 unspecified atom stereocenters. The Morgan fingerprint density at radius 2 is 1.96 bits per heavy atom. The summed E-state index contributed by atoms with van der Waals surface area (Å²) in [5, 5.41) is 20.2. The van der Waals surface area contributed by atoms with Crippen LogP contribution < -0.4 is 5.32 Å². The number of hydrogen-bond acceptors (Lipinski definition) is 5. The molecule has 0 fully saturated rings. The maximum absolute atomic E-state index is 12.8. The van der Waals surface area contributed by atoms with Gasteiger partial charge in [-0.05, 0) is 32.9 Å². The minimum atomic E-state index is -1.07. The SMILES string of the molecule is Cc1coc(CC(=O)O)c1C(=O)NC(C)(C)c1cn(-c2ccccc2)nn1. The van der Waals surface area contributed by atoms with Crippen LogP contribution in [0.5, 0.6) is 0 Å². The van der Waals surface area contributed by atoms with Crippen molar-refractivity contribution in [2.45, 2.75) is 32.7 Å². The van der Waals surface area contributed by atoms with Gasteiger partial charge in [0.15, 0.2) is 0 Å². The summed E-state index contributed by atoms with van der Waals surface area (Å²) >= 11 is 0. The normalized spacial score (nSPS) is 11.4. The number of carbonyl (C=O) groups is 2. The number of furan rings is 1. The van der Waals surface area contributed by atoms with Gasteiger partial charge >= 0.3 is 5.97 Å². The third-order valence-corrected chi connectivity index (χ3v) is 4.17. The Labute approximate surface area is 155 Å². The molecule has 27 heavy (non-hydrogen) atoms. The number of carboxylic acids is 1. The molecule has 140 valence electrons. The van der Waals surface area contributed by atoms with E-state index in [1.807, 2.05) is 30.3 Å². The fourth-order valence-electron chi connectivity index (χ4n) is 2.74. The Hall–Kier alpha value is -3.42. The highest BCUT2D eigenvalue weighted by molar-refractivity contribution is 5.97. The molecule has 0 aliphatic carbocycles. The maximum Gasteiger partial charge on any atom is 0.311 e. The molecular formula is C19H20N4O4. The lowest BCUT2D eigenvalue weighted by atomic mass is 10.00. The van der Waals surface area contributed by atoms with Crippen molar-refractivity contribution < 1.29 is 19.1 Å². The van der Waals surface area contributed by atoms with Crippen molar-refractivity contribution in [2.75, 3.05) is 0 Å². The molecule has 0 aliphatic heterocycles. The molecule has 8 heteroatoms. The van der Waals surface area contributed by atoms with E-state index >= 15 is 0 Å². The van der Waals surface area contributed by atoms with Crippen LogP contribution in [0, 0.1) is 6.92 Å². The first-order valence-corrected chi connectivity index (χ1v) is 8.37. The second-order valence-electron chi connectivity index (χ2n) is 6.75. The average molecular weight is 368 g/mol. The van der Waals surface area contributed by atoms with E-state index in [1.165, 1.54) is 6.26 Å². The first-order chi connectivity index (χ1) is 12.8. The van der Waals surface area contributed by atoms with Gasteiger partial charge in [-0.1, -0.05) is 23.4 Å². The Bertz CT molecular complexity index is 973. The number of nitrogens with one attached hydrogen (secondary N) is 1. The maximum atomic E-state index is 12.8. The van der Waals surface area contributed by atoms with Crippen LogP contribution in [0.3, 0.4) is 0 Å². The number of aryl methyl sites for hydroxylation is 1. The topological polar surface area (TPSA) is 110 Å². The van der Waals surface area contributed by atoms with E-state index in [2.05, 4.69) is 15.6 Å². The molecule has 2 aromatic heterocycles. The van der Waals surface area contributed by atoms with E-state index in [0.29, 0.717) is 11.3 Å². The molecule has 2 heterocycles. The third-order valence-electron chi connectivity index (χ3n) is 4.17. The highest BCUT2D eigenvalue weighted by Gasteiger charge is 2.30. The molecule has 3 aromatic rings. The monoisotopic (exact) mass is 368 g/mol. The van der Waals surface area contributed by atoms with Crippen molar-refractivity contribution in [1.29, 1.82) is 0 Å². The van der Waals surface area contributed by atoms with Crippen molar-refractivity contribution in [3.05, 3.63) is 65.4 Å². The van der Waals surface area contributed by atoms with Crippen molar-refractivity contribution in [2.24, 2.45) is 0 Å². The zero-order valence-corrected chi connectivity index (χ0v) is 15.3. The summed E-state index contributed by atoms with van der Waals surface area (Å²) in [5.41, 5.74) is 1.41. The summed E-state index contributed by atoms with van der Waals surface area (Å²) in [6.07, 6.45) is 2.77. The molecule has 0 spiro atoms. The van der Waals surface area contributed by atoms with Gasteiger partial charge in [0, 0.05) is 5.56 Å². The smallest absolute Gasteiger partial charge is 0.311 e. The Morgan fingerprint density at radius 1 is 1.26 bits per heavy atom. The van der Waals surface area contributed by atoms with Gasteiger partial charge in [0.25, 0.3) is 5.91 Å². The number of aromatic nitrogens is 3. The number of rotatable bonds is 6. The Balaban J connectivity index is 1.83. The van der Waals surface area contributed by atoms with Crippen LogP contribution in [0.4, 0.5) is 0 Å². The van der Waals surface area contributed by atoms with Gasteiger partial charge < -0.3 is 14.8 Å². The van der Waals surface area contributed by atoms with E-state index in [4.69, 9.17) is 9.52 Å². The number of carbonyl (C=O) groups excluding carboxylic acids is 1. The first-order valence-electron chi connectivity index (χ1n) is 8.37. The average Bonchev–Trinajstić information content (AvgIpc) is 3.23. The summed E-state index contributed by atoms with van der Waals surface area (Å²) < 4.78 is 6.86. The van der Waals surface area contributed by atoms with E-state index in [1.54, 1.807) is 31.6 Å². The Kier molecular flexibility index (Phi) is 4.81. The Morgan fingerprint density at radius 3 is 2.63 bits per heavy atom. The highest BCUT2D eigenvalue weighted by Crippen LogP contribution is 2.22. The lowest BCUT2D eigenvalue weighted by Gasteiger charge is -2.23. The molecule has 1 aromatic carbocycles. The molecule has 0 radical (unpaired) electrons. The second-order valence-corrected chi connectivity index (χ2v) is 6.75. The largest absolute Gasteiger partial charge is 0.481 e. The fraction of sp³-hybridized carbons (Fsp3) is 0.263. The predicted molar refractivity (Wildman–Crippen MR) is 96.6 cm³/mol. The van der Waals surface area contributed by atoms with Gasteiger partial charge in [-0.15, -0.1) is 5.10 Å². The number of hydrogen-bond donors (Lipinski definition) is 2. The summed E-state index contributed by atoms with van der Waals surface area (Å²) in [4.78, 5) is 23.8. The summed E-state index contributed by atoms with van der Waals surface area (Å²) in [6.45, 7) is 5.30. The van der Waals surface area contributed by atoms with E-state index in [9.17, 15) is 9.59 Å². The van der Waals surface area contributed by atoms with Gasteiger partial charge in [0.05, 0.1) is 29.2 Å². The highest BCUT2D eigenvalue weighted by atomic mass is 16.4.